The zero-order valence-electron chi connectivity index (χ0n) is 13.5. The maximum Gasteiger partial charge on any atom is 0.0242 e. The molecule has 0 aliphatic heterocycles. The van der Waals surface area contributed by atoms with Gasteiger partial charge in [-0.25, -0.2) is 0 Å². The third kappa shape index (κ3) is 6.01. The number of hydrogen-bond donors (Lipinski definition) is 1. The lowest BCUT2D eigenvalue weighted by Gasteiger charge is -2.27. The van der Waals surface area contributed by atoms with Crippen LogP contribution >= 0.6 is 11.8 Å². The van der Waals surface area contributed by atoms with Crippen LogP contribution in [0.2, 0.25) is 0 Å². The van der Waals surface area contributed by atoms with Gasteiger partial charge in [-0.05, 0) is 63.8 Å². The molecule has 0 heterocycles. The number of benzene rings is 1. The summed E-state index contributed by atoms with van der Waals surface area (Å²) in [4.78, 5) is 1.39. The summed E-state index contributed by atoms with van der Waals surface area (Å²) in [5.74, 6) is 0.668. The summed E-state index contributed by atoms with van der Waals surface area (Å²) < 4.78 is 0. The highest BCUT2D eigenvalue weighted by Crippen LogP contribution is 2.29. The van der Waals surface area contributed by atoms with E-state index in [1.807, 2.05) is 11.8 Å². The van der Waals surface area contributed by atoms with Crippen molar-refractivity contribution in [1.82, 2.24) is 5.32 Å². The normalized spacial score (nSPS) is 13.9. The first-order chi connectivity index (χ1) is 8.69. The van der Waals surface area contributed by atoms with Crippen LogP contribution in [-0.4, -0.2) is 17.3 Å². The molecule has 19 heavy (non-hydrogen) atoms. The molecule has 2 heteroatoms. The van der Waals surface area contributed by atoms with Crippen molar-refractivity contribution >= 4 is 11.8 Å². The molecule has 0 spiro atoms. The molecular weight excluding hydrogens is 250 g/mol. The molecule has 0 aliphatic rings. The second kappa shape index (κ2) is 6.81. The molecule has 1 nitrogen and oxygen atoms in total. The smallest absolute Gasteiger partial charge is 0.0242 e. The quantitative estimate of drug-likeness (QED) is 0.776. The van der Waals surface area contributed by atoms with E-state index in [4.69, 9.17) is 0 Å². The number of thioether (sulfide) groups is 1. The van der Waals surface area contributed by atoms with E-state index in [2.05, 4.69) is 72.0 Å². The monoisotopic (exact) mass is 279 g/mol. The predicted octanol–water partition coefficient (Wildman–Crippen LogP) is 4.81. The molecule has 1 aromatic carbocycles. The Morgan fingerprint density at radius 2 is 1.74 bits per heavy atom. The van der Waals surface area contributed by atoms with Gasteiger partial charge < -0.3 is 5.32 Å². The first-order valence-corrected chi connectivity index (χ1v) is 8.06. The van der Waals surface area contributed by atoms with Gasteiger partial charge >= 0.3 is 0 Å². The van der Waals surface area contributed by atoms with E-state index >= 15 is 0 Å². The summed E-state index contributed by atoms with van der Waals surface area (Å²) in [6.07, 6.45) is 0. The van der Waals surface area contributed by atoms with Crippen LogP contribution in [0.3, 0.4) is 0 Å². The van der Waals surface area contributed by atoms with Crippen LogP contribution in [0, 0.1) is 19.8 Å². The first-order valence-electron chi connectivity index (χ1n) is 7.18. The molecule has 1 atom stereocenters. The number of hydrogen-bond acceptors (Lipinski definition) is 2. The second-order valence-corrected chi connectivity index (χ2v) is 8.09. The van der Waals surface area contributed by atoms with Crippen molar-refractivity contribution in [2.75, 3.05) is 6.54 Å². The molecule has 0 aromatic heterocycles. The van der Waals surface area contributed by atoms with Gasteiger partial charge in [0.25, 0.3) is 0 Å². The van der Waals surface area contributed by atoms with Crippen LogP contribution < -0.4 is 5.32 Å². The van der Waals surface area contributed by atoms with Gasteiger partial charge in [0, 0.05) is 22.2 Å². The van der Waals surface area contributed by atoms with Crippen molar-refractivity contribution in [2.24, 2.45) is 5.92 Å². The van der Waals surface area contributed by atoms with Crippen molar-refractivity contribution in [3.05, 3.63) is 29.3 Å². The van der Waals surface area contributed by atoms with Gasteiger partial charge in [0.15, 0.2) is 0 Å². The summed E-state index contributed by atoms with van der Waals surface area (Å²) in [7, 11) is 0. The summed E-state index contributed by atoms with van der Waals surface area (Å²) in [5, 5.41) is 4.24. The number of rotatable bonds is 5. The standard InChI is InChI=1S/C17H29NS/c1-12(2)16(11-18-17(5,6)7)19-15-9-8-13(3)14(4)10-15/h8-10,12,16,18H,11H2,1-7H3. The van der Waals surface area contributed by atoms with Gasteiger partial charge in [0.1, 0.15) is 0 Å². The van der Waals surface area contributed by atoms with Crippen LogP contribution in [0.1, 0.15) is 45.7 Å². The van der Waals surface area contributed by atoms with Gasteiger partial charge in [-0.3, -0.25) is 0 Å². The van der Waals surface area contributed by atoms with E-state index < -0.39 is 0 Å². The Morgan fingerprint density at radius 3 is 2.21 bits per heavy atom. The van der Waals surface area contributed by atoms with Gasteiger partial charge in [-0.2, -0.15) is 0 Å². The molecule has 0 aliphatic carbocycles. The topological polar surface area (TPSA) is 12.0 Å². The van der Waals surface area contributed by atoms with Crippen LogP contribution in [0.15, 0.2) is 23.1 Å². The molecule has 0 saturated heterocycles. The summed E-state index contributed by atoms with van der Waals surface area (Å²) >= 11 is 2.00. The Balaban J connectivity index is 2.70. The Hall–Kier alpha value is -0.470. The molecule has 1 unspecified atom stereocenters. The van der Waals surface area contributed by atoms with Crippen LogP contribution in [0.25, 0.3) is 0 Å². The minimum absolute atomic E-state index is 0.191. The Labute approximate surface area is 123 Å². The first kappa shape index (κ1) is 16.6. The lowest BCUT2D eigenvalue weighted by atomic mass is 10.1. The zero-order chi connectivity index (χ0) is 14.6. The van der Waals surface area contributed by atoms with E-state index in [0.29, 0.717) is 11.2 Å². The molecule has 108 valence electrons. The van der Waals surface area contributed by atoms with Crippen LogP contribution in [0.4, 0.5) is 0 Å². The molecule has 0 fully saturated rings. The van der Waals surface area contributed by atoms with Crippen molar-refractivity contribution in [3.63, 3.8) is 0 Å². The van der Waals surface area contributed by atoms with E-state index in [1.54, 1.807) is 0 Å². The van der Waals surface area contributed by atoms with Crippen LogP contribution in [0.5, 0.6) is 0 Å². The van der Waals surface area contributed by atoms with E-state index in [9.17, 15) is 0 Å². The van der Waals surface area contributed by atoms with Crippen molar-refractivity contribution < 1.29 is 0 Å². The number of aryl methyl sites for hydroxylation is 2. The number of nitrogens with one attached hydrogen (secondary N) is 1. The van der Waals surface area contributed by atoms with E-state index in [-0.39, 0.29) is 5.54 Å². The summed E-state index contributed by atoms with van der Waals surface area (Å²) in [5.41, 5.74) is 2.95. The maximum atomic E-state index is 3.63. The average Bonchev–Trinajstić information content (AvgIpc) is 2.27. The molecular formula is C17H29NS. The van der Waals surface area contributed by atoms with E-state index in [1.165, 1.54) is 16.0 Å². The molecule has 0 radical (unpaired) electrons. The van der Waals surface area contributed by atoms with Gasteiger partial charge in [-0.15, -0.1) is 11.8 Å². The largest absolute Gasteiger partial charge is 0.311 e. The predicted molar refractivity (Wildman–Crippen MR) is 88.2 cm³/mol. The lowest BCUT2D eigenvalue weighted by molar-refractivity contribution is 0.408. The third-order valence-electron chi connectivity index (χ3n) is 3.34. The fraction of sp³-hybridized carbons (Fsp3) is 0.647. The molecule has 1 aromatic rings. The van der Waals surface area contributed by atoms with Crippen molar-refractivity contribution in [3.8, 4) is 0 Å². The van der Waals surface area contributed by atoms with Crippen LogP contribution in [-0.2, 0) is 0 Å². The third-order valence-corrected chi connectivity index (χ3v) is 4.88. The minimum atomic E-state index is 0.191. The fourth-order valence-corrected chi connectivity index (χ4v) is 2.96. The van der Waals surface area contributed by atoms with Gasteiger partial charge in [0.2, 0.25) is 0 Å². The second-order valence-electron chi connectivity index (χ2n) is 6.78. The molecule has 0 amide bonds. The van der Waals surface area contributed by atoms with Crippen molar-refractivity contribution in [1.29, 1.82) is 0 Å². The zero-order valence-corrected chi connectivity index (χ0v) is 14.3. The molecule has 1 rings (SSSR count). The van der Waals surface area contributed by atoms with Crippen molar-refractivity contribution in [2.45, 2.75) is 64.2 Å². The highest BCUT2D eigenvalue weighted by Gasteiger charge is 2.18. The highest BCUT2D eigenvalue weighted by molar-refractivity contribution is 8.00. The molecule has 0 saturated carbocycles. The highest BCUT2D eigenvalue weighted by atomic mass is 32.2. The fourth-order valence-electron chi connectivity index (χ4n) is 1.78. The average molecular weight is 279 g/mol. The summed E-state index contributed by atoms with van der Waals surface area (Å²) in [6.45, 7) is 16.7. The molecule has 0 bridgehead atoms. The molecule has 1 N–H and O–H groups in total. The van der Waals surface area contributed by atoms with Gasteiger partial charge in [-0.1, -0.05) is 19.9 Å². The Bertz CT molecular complexity index is 404. The minimum Gasteiger partial charge on any atom is -0.311 e. The summed E-state index contributed by atoms with van der Waals surface area (Å²) in [6, 6.07) is 6.79. The Morgan fingerprint density at radius 1 is 1.11 bits per heavy atom. The maximum absolute atomic E-state index is 3.63. The lowest BCUT2D eigenvalue weighted by Crippen LogP contribution is -2.41. The van der Waals surface area contributed by atoms with E-state index in [0.717, 1.165) is 6.54 Å². The van der Waals surface area contributed by atoms with Gasteiger partial charge in [0.05, 0.1) is 0 Å². The SMILES string of the molecule is Cc1ccc(SC(CNC(C)(C)C)C(C)C)cc1C. The Kier molecular flexibility index (Phi) is 5.94.